The standard InChI is InChI=1S/C25H27N3O4/c29-22-9-8-21(23(30)26-22)28-16-18-14-19(6-7-20(18)24(28)31)25(32)10-12-27(13-11-25)15-17-4-2-1-3-5-17/h1-7,14,21,32H,8-13,15-16H2,(H,26,29,30). The van der Waals surface area contributed by atoms with Gasteiger partial charge in [-0.25, -0.2) is 0 Å². The summed E-state index contributed by atoms with van der Waals surface area (Å²) >= 11 is 0. The van der Waals surface area contributed by atoms with Crippen molar-refractivity contribution in [3.63, 3.8) is 0 Å². The third-order valence-corrected chi connectivity index (χ3v) is 6.99. The topological polar surface area (TPSA) is 90.0 Å². The maximum absolute atomic E-state index is 12.9. The lowest BCUT2D eigenvalue weighted by molar-refractivity contribution is -0.136. The Morgan fingerprint density at radius 1 is 1.03 bits per heavy atom. The van der Waals surface area contributed by atoms with Crippen molar-refractivity contribution in [2.75, 3.05) is 13.1 Å². The van der Waals surface area contributed by atoms with Crippen LogP contribution in [0.3, 0.4) is 0 Å². The van der Waals surface area contributed by atoms with E-state index in [0.717, 1.165) is 30.8 Å². The summed E-state index contributed by atoms with van der Waals surface area (Å²) in [6, 6.07) is 15.2. The Kier molecular flexibility index (Phi) is 5.31. The number of likely N-dealkylation sites (tertiary alicyclic amines) is 1. The third-order valence-electron chi connectivity index (χ3n) is 6.99. The van der Waals surface area contributed by atoms with Crippen molar-refractivity contribution in [1.29, 1.82) is 0 Å². The van der Waals surface area contributed by atoms with Gasteiger partial charge in [-0.2, -0.15) is 0 Å². The van der Waals surface area contributed by atoms with E-state index in [4.69, 9.17) is 0 Å². The lowest BCUT2D eigenvalue weighted by Crippen LogP contribution is -2.52. The monoisotopic (exact) mass is 433 g/mol. The van der Waals surface area contributed by atoms with E-state index in [9.17, 15) is 19.5 Å². The van der Waals surface area contributed by atoms with Gasteiger partial charge in [-0.05, 0) is 42.0 Å². The van der Waals surface area contributed by atoms with Gasteiger partial charge in [0, 0.05) is 38.2 Å². The average Bonchev–Trinajstić information content (AvgIpc) is 3.12. The average molecular weight is 434 g/mol. The van der Waals surface area contributed by atoms with Crippen LogP contribution in [0.5, 0.6) is 0 Å². The van der Waals surface area contributed by atoms with Gasteiger partial charge in [0.05, 0.1) is 5.60 Å². The van der Waals surface area contributed by atoms with Crippen molar-refractivity contribution in [1.82, 2.24) is 15.1 Å². The van der Waals surface area contributed by atoms with Gasteiger partial charge in [0.25, 0.3) is 5.91 Å². The van der Waals surface area contributed by atoms with E-state index in [2.05, 4.69) is 22.3 Å². The quantitative estimate of drug-likeness (QED) is 0.720. The van der Waals surface area contributed by atoms with Gasteiger partial charge in [-0.15, -0.1) is 0 Å². The molecular weight excluding hydrogens is 406 g/mol. The van der Waals surface area contributed by atoms with Crippen LogP contribution in [0.1, 0.15) is 52.7 Å². The number of piperidine rings is 2. The van der Waals surface area contributed by atoms with Gasteiger partial charge in [0.1, 0.15) is 6.04 Å². The minimum absolute atomic E-state index is 0.189. The fraction of sp³-hybridized carbons (Fsp3) is 0.400. The second-order valence-electron chi connectivity index (χ2n) is 9.07. The molecule has 7 nitrogen and oxygen atoms in total. The van der Waals surface area contributed by atoms with E-state index in [0.29, 0.717) is 31.4 Å². The molecule has 3 heterocycles. The Hall–Kier alpha value is -3.03. The van der Waals surface area contributed by atoms with Crippen LogP contribution in [-0.2, 0) is 28.3 Å². The van der Waals surface area contributed by atoms with Gasteiger partial charge >= 0.3 is 0 Å². The highest BCUT2D eigenvalue weighted by Crippen LogP contribution is 2.36. The Balaban J connectivity index is 1.28. The summed E-state index contributed by atoms with van der Waals surface area (Å²) in [5.41, 5.74) is 2.57. The molecule has 0 aromatic heterocycles. The molecule has 2 aromatic carbocycles. The molecule has 0 bridgehead atoms. The molecule has 3 aliphatic rings. The minimum Gasteiger partial charge on any atom is -0.385 e. The molecular formula is C25H27N3O4. The highest BCUT2D eigenvalue weighted by molar-refractivity contribution is 6.05. The molecule has 5 rings (SSSR count). The molecule has 0 radical (unpaired) electrons. The van der Waals surface area contributed by atoms with Crippen LogP contribution in [0.2, 0.25) is 0 Å². The van der Waals surface area contributed by atoms with Crippen LogP contribution < -0.4 is 5.32 Å². The summed E-state index contributed by atoms with van der Waals surface area (Å²) in [6.45, 7) is 2.79. The van der Waals surface area contributed by atoms with E-state index < -0.39 is 17.6 Å². The number of carbonyl (C=O) groups is 3. The Morgan fingerprint density at radius 3 is 2.50 bits per heavy atom. The van der Waals surface area contributed by atoms with Crippen LogP contribution in [0, 0.1) is 0 Å². The first-order valence-electron chi connectivity index (χ1n) is 11.2. The normalized spacial score (nSPS) is 23.2. The van der Waals surface area contributed by atoms with Crippen molar-refractivity contribution < 1.29 is 19.5 Å². The second-order valence-corrected chi connectivity index (χ2v) is 9.07. The molecule has 7 heteroatoms. The first-order chi connectivity index (χ1) is 15.4. The van der Waals surface area contributed by atoms with E-state index in [1.165, 1.54) is 5.56 Å². The van der Waals surface area contributed by atoms with Crippen molar-refractivity contribution in [2.24, 2.45) is 0 Å². The van der Waals surface area contributed by atoms with Gasteiger partial charge in [0.2, 0.25) is 11.8 Å². The number of aliphatic hydroxyl groups is 1. The number of benzene rings is 2. The lowest BCUT2D eigenvalue weighted by atomic mass is 9.83. The molecule has 1 unspecified atom stereocenters. The van der Waals surface area contributed by atoms with Gasteiger partial charge < -0.3 is 10.0 Å². The van der Waals surface area contributed by atoms with Gasteiger partial charge in [-0.3, -0.25) is 24.6 Å². The number of hydrogen-bond acceptors (Lipinski definition) is 5. The van der Waals surface area contributed by atoms with Gasteiger partial charge in [-0.1, -0.05) is 42.5 Å². The van der Waals surface area contributed by atoms with Crippen molar-refractivity contribution in [3.8, 4) is 0 Å². The second kappa shape index (κ2) is 8.15. The highest BCUT2D eigenvalue weighted by atomic mass is 16.3. The van der Waals surface area contributed by atoms with Crippen LogP contribution >= 0.6 is 0 Å². The molecule has 2 fully saturated rings. The number of fused-ring (bicyclic) bond motifs is 1. The Labute approximate surface area is 187 Å². The lowest BCUT2D eigenvalue weighted by Gasteiger charge is -2.38. The third kappa shape index (κ3) is 3.82. The van der Waals surface area contributed by atoms with Crippen LogP contribution in [-0.4, -0.2) is 51.8 Å². The number of rotatable bonds is 4. The fourth-order valence-corrected chi connectivity index (χ4v) is 5.08. The Morgan fingerprint density at radius 2 is 1.78 bits per heavy atom. The summed E-state index contributed by atoms with van der Waals surface area (Å²) in [4.78, 5) is 40.5. The van der Waals surface area contributed by atoms with Crippen molar-refractivity contribution >= 4 is 17.7 Å². The van der Waals surface area contributed by atoms with Crippen LogP contribution in [0.4, 0.5) is 0 Å². The van der Waals surface area contributed by atoms with Gasteiger partial charge in [0.15, 0.2) is 0 Å². The molecule has 32 heavy (non-hydrogen) atoms. The molecule has 2 aromatic rings. The molecule has 0 spiro atoms. The van der Waals surface area contributed by atoms with E-state index in [1.54, 1.807) is 11.0 Å². The first-order valence-corrected chi connectivity index (χ1v) is 11.2. The predicted octanol–water partition coefficient (Wildman–Crippen LogP) is 1.93. The largest absolute Gasteiger partial charge is 0.385 e. The van der Waals surface area contributed by atoms with E-state index in [1.807, 2.05) is 30.3 Å². The SMILES string of the molecule is O=C1CCC(N2Cc3cc(C4(O)CCN(Cc5ccccc5)CC4)ccc3C2=O)C(=O)N1. The molecule has 0 aliphatic carbocycles. The van der Waals surface area contributed by atoms with E-state index >= 15 is 0 Å². The zero-order valence-electron chi connectivity index (χ0n) is 17.9. The molecule has 3 amide bonds. The maximum Gasteiger partial charge on any atom is 0.255 e. The zero-order valence-corrected chi connectivity index (χ0v) is 17.9. The summed E-state index contributed by atoms with van der Waals surface area (Å²) in [6.07, 6.45) is 1.84. The zero-order chi connectivity index (χ0) is 22.3. The number of imide groups is 1. The van der Waals surface area contributed by atoms with E-state index in [-0.39, 0.29) is 18.2 Å². The fourth-order valence-electron chi connectivity index (χ4n) is 5.08. The highest BCUT2D eigenvalue weighted by Gasteiger charge is 2.40. The smallest absolute Gasteiger partial charge is 0.255 e. The van der Waals surface area contributed by atoms with Crippen LogP contribution in [0.15, 0.2) is 48.5 Å². The Bertz CT molecular complexity index is 1060. The molecule has 2 saturated heterocycles. The predicted molar refractivity (Wildman–Crippen MR) is 117 cm³/mol. The molecule has 0 saturated carbocycles. The minimum atomic E-state index is -0.923. The number of nitrogens with one attached hydrogen (secondary N) is 1. The number of nitrogens with zero attached hydrogens (tertiary/aromatic N) is 2. The summed E-state index contributed by atoms with van der Waals surface area (Å²) < 4.78 is 0. The summed E-state index contributed by atoms with van der Waals surface area (Å²) in [5.74, 6) is -0.892. The molecule has 166 valence electrons. The molecule has 2 N–H and O–H groups in total. The summed E-state index contributed by atoms with van der Waals surface area (Å²) in [5, 5.41) is 13.7. The number of carbonyl (C=O) groups excluding carboxylic acids is 3. The number of amides is 3. The van der Waals surface area contributed by atoms with Crippen molar-refractivity contribution in [3.05, 3.63) is 70.8 Å². The first kappa shape index (κ1) is 20.8. The summed E-state index contributed by atoms with van der Waals surface area (Å²) in [7, 11) is 0. The van der Waals surface area contributed by atoms with Crippen molar-refractivity contribution in [2.45, 2.75) is 50.4 Å². The molecule has 1 atom stereocenters. The number of hydrogen-bond donors (Lipinski definition) is 2. The van der Waals surface area contributed by atoms with Crippen LogP contribution in [0.25, 0.3) is 0 Å². The maximum atomic E-state index is 12.9. The molecule has 3 aliphatic heterocycles.